The lowest BCUT2D eigenvalue weighted by molar-refractivity contribution is -0.146. The smallest absolute Gasteiger partial charge is 0.244 e. The van der Waals surface area contributed by atoms with Crippen LogP contribution in [0.2, 0.25) is 0 Å². The van der Waals surface area contributed by atoms with Crippen molar-refractivity contribution in [1.82, 2.24) is 9.80 Å². The molecule has 1 heterocycles. The first-order valence-electron chi connectivity index (χ1n) is 7.07. The van der Waals surface area contributed by atoms with Crippen molar-refractivity contribution >= 4 is 5.91 Å². The van der Waals surface area contributed by atoms with Crippen molar-refractivity contribution in [1.29, 1.82) is 0 Å². The van der Waals surface area contributed by atoms with Crippen LogP contribution in [0.3, 0.4) is 0 Å². The fourth-order valence-corrected chi connectivity index (χ4v) is 2.71. The first-order valence-corrected chi connectivity index (χ1v) is 7.07. The average Bonchev–Trinajstić information content (AvgIpc) is 2.39. The molecule has 5 heteroatoms. The molecule has 1 aromatic carbocycles. The van der Waals surface area contributed by atoms with Crippen LogP contribution in [-0.4, -0.2) is 56.6 Å². The van der Waals surface area contributed by atoms with Gasteiger partial charge in [0.2, 0.25) is 5.91 Å². The summed E-state index contributed by atoms with van der Waals surface area (Å²) < 4.78 is 18.3. The Balaban J connectivity index is 2.13. The Kier molecular flexibility index (Phi) is 4.64. The topological polar surface area (TPSA) is 32.8 Å². The summed E-state index contributed by atoms with van der Waals surface area (Å²) in [4.78, 5) is 16.3. The second-order valence-corrected chi connectivity index (χ2v) is 6.42. The summed E-state index contributed by atoms with van der Waals surface area (Å²) >= 11 is 0. The van der Waals surface area contributed by atoms with Crippen LogP contribution >= 0.6 is 0 Å². The molecule has 0 bridgehead atoms. The molecule has 1 fully saturated rings. The zero-order valence-corrected chi connectivity index (χ0v) is 13.1. The molecular weight excluding hydrogens is 271 g/mol. The zero-order valence-electron chi connectivity index (χ0n) is 13.1. The van der Waals surface area contributed by atoms with Crippen LogP contribution in [0.1, 0.15) is 18.5 Å². The van der Waals surface area contributed by atoms with Crippen molar-refractivity contribution in [2.24, 2.45) is 5.41 Å². The Morgan fingerprint density at radius 2 is 1.86 bits per heavy atom. The molecule has 0 spiro atoms. The minimum absolute atomic E-state index is 0.0136. The molecule has 0 saturated carbocycles. The van der Waals surface area contributed by atoms with Gasteiger partial charge in [-0.3, -0.25) is 9.69 Å². The van der Waals surface area contributed by atoms with Crippen molar-refractivity contribution in [2.45, 2.75) is 13.0 Å². The predicted molar refractivity (Wildman–Crippen MR) is 79.4 cm³/mol. The molecule has 1 saturated heterocycles. The Morgan fingerprint density at radius 3 is 2.29 bits per heavy atom. The lowest BCUT2D eigenvalue weighted by Crippen LogP contribution is -2.50. The van der Waals surface area contributed by atoms with Gasteiger partial charge in [0.1, 0.15) is 11.9 Å². The first-order chi connectivity index (χ1) is 9.82. The molecule has 1 atom stereocenters. The lowest BCUT2D eigenvalue weighted by atomic mass is 9.88. The highest BCUT2D eigenvalue weighted by atomic mass is 19.1. The van der Waals surface area contributed by atoms with Crippen LogP contribution in [0, 0.1) is 11.2 Å². The van der Waals surface area contributed by atoms with E-state index in [9.17, 15) is 9.18 Å². The number of likely N-dealkylation sites (N-methyl/N-ethyl adjacent to an activating group) is 2. The van der Waals surface area contributed by atoms with Crippen molar-refractivity contribution in [3.05, 3.63) is 35.6 Å². The number of benzene rings is 1. The van der Waals surface area contributed by atoms with Gasteiger partial charge in [0, 0.05) is 19.0 Å². The summed E-state index contributed by atoms with van der Waals surface area (Å²) in [6, 6.07) is 5.71. The third-order valence-corrected chi connectivity index (χ3v) is 3.83. The van der Waals surface area contributed by atoms with Crippen molar-refractivity contribution in [3.8, 4) is 0 Å². The van der Waals surface area contributed by atoms with E-state index < -0.39 is 6.04 Å². The number of ether oxygens (including phenoxy) is 1. The van der Waals surface area contributed by atoms with Gasteiger partial charge in [-0.15, -0.1) is 0 Å². The number of carbonyl (C=O) groups excluding carboxylic acids is 1. The highest BCUT2D eigenvalue weighted by molar-refractivity contribution is 5.83. The average molecular weight is 294 g/mol. The summed E-state index contributed by atoms with van der Waals surface area (Å²) in [6.45, 7) is 4.15. The molecule has 0 N–H and O–H groups in total. The number of carbonyl (C=O) groups is 1. The highest BCUT2D eigenvalue weighted by Gasteiger charge is 2.37. The van der Waals surface area contributed by atoms with E-state index in [0.717, 1.165) is 5.56 Å². The summed E-state index contributed by atoms with van der Waals surface area (Å²) in [5.41, 5.74) is 0.845. The van der Waals surface area contributed by atoms with Crippen molar-refractivity contribution in [2.75, 3.05) is 40.9 Å². The van der Waals surface area contributed by atoms with Gasteiger partial charge in [0.05, 0.1) is 13.2 Å². The van der Waals surface area contributed by atoms with Gasteiger partial charge in [-0.25, -0.2) is 4.39 Å². The van der Waals surface area contributed by atoms with Crippen LogP contribution < -0.4 is 0 Å². The van der Waals surface area contributed by atoms with Gasteiger partial charge in [-0.05, 0) is 31.8 Å². The van der Waals surface area contributed by atoms with Gasteiger partial charge in [-0.2, -0.15) is 0 Å². The van der Waals surface area contributed by atoms with E-state index in [4.69, 9.17) is 4.74 Å². The first kappa shape index (κ1) is 15.9. The molecule has 0 aromatic heterocycles. The molecule has 4 nitrogen and oxygen atoms in total. The van der Waals surface area contributed by atoms with Crippen molar-refractivity contribution in [3.63, 3.8) is 0 Å². The largest absolute Gasteiger partial charge is 0.380 e. The van der Waals surface area contributed by atoms with E-state index >= 15 is 0 Å². The van der Waals surface area contributed by atoms with Gasteiger partial charge in [0.25, 0.3) is 0 Å². The maximum atomic E-state index is 13.1. The van der Waals surface area contributed by atoms with Crippen LogP contribution in [0.15, 0.2) is 24.3 Å². The molecule has 116 valence electrons. The fourth-order valence-electron chi connectivity index (χ4n) is 2.71. The van der Waals surface area contributed by atoms with Crippen LogP contribution in [0.5, 0.6) is 0 Å². The normalized spacial score (nSPS) is 18.2. The van der Waals surface area contributed by atoms with Gasteiger partial charge in [-0.1, -0.05) is 19.1 Å². The summed E-state index contributed by atoms with van der Waals surface area (Å²) in [5, 5.41) is 0. The highest BCUT2D eigenvalue weighted by Crippen LogP contribution is 2.29. The van der Waals surface area contributed by atoms with Gasteiger partial charge < -0.3 is 9.64 Å². The van der Waals surface area contributed by atoms with E-state index in [2.05, 4.69) is 6.92 Å². The van der Waals surface area contributed by atoms with E-state index in [1.54, 1.807) is 17.0 Å². The number of nitrogens with zero attached hydrogens (tertiary/aromatic N) is 2. The second kappa shape index (κ2) is 6.12. The lowest BCUT2D eigenvalue weighted by Gasteiger charge is -2.41. The predicted octanol–water partition coefficient (Wildman–Crippen LogP) is 1.92. The summed E-state index contributed by atoms with van der Waals surface area (Å²) in [7, 11) is 5.52. The monoisotopic (exact) mass is 294 g/mol. The Hall–Kier alpha value is -1.46. The zero-order chi connectivity index (χ0) is 15.6. The molecule has 0 unspecified atom stereocenters. The molecule has 1 aliphatic rings. The SMILES string of the molecule is CN(CC1(C)COC1)C(=O)[C@H](c1ccc(F)cc1)N(C)C. The third kappa shape index (κ3) is 3.60. The third-order valence-electron chi connectivity index (χ3n) is 3.83. The standard InChI is InChI=1S/C16H23FN2O2/c1-16(10-21-11-16)9-19(4)15(20)14(18(2)3)12-5-7-13(17)8-6-12/h5-8,14H,9-11H2,1-4H3/t14-/m0/s1. The van der Waals surface area contributed by atoms with Crippen molar-refractivity contribution < 1.29 is 13.9 Å². The van der Waals surface area contributed by atoms with Crippen LogP contribution in [0.25, 0.3) is 0 Å². The maximum absolute atomic E-state index is 13.1. The molecule has 0 aliphatic carbocycles. The Bertz CT molecular complexity index is 498. The molecule has 1 aliphatic heterocycles. The van der Waals surface area contributed by atoms with Crippen LogP contribution in [0.4, 0.5) is 4.39 Å². The van der Waals surface area contributed by atoms with Crippen LogP contribution in [-0.2, 0) is 9.53 Å². The number of rotatable bonds is 5. The second-order valence-electron chi connectivity index (χ2n) is 6.42. The molecule has 1 amide bonds. The minimum Gasteiger partial charge on any atom is -0.380 e. The van der Waals surface area contributed by atoms with Gasteiger partial charge >= 0.3 is 0 Å². The number of halogens is 1. The van der Waals surface area contributed by atoms with E-state index in [1.165, 1.54) is 12.1 Å². The number of hydrogen-bond acceptors (Lipinski definition) is 3. The van der Waals surface area contributed by atoms with E-state index in [1.807, 2.05) is 26.0 Å². The molecule has 2 rings (SSSR count). The van der Waals surface area contributed by atoms with E-state index in [-0.39, 0.29) is 17.1 Å². The molecule has 1 aromatic rings. The molecule has 0 radical (unpaired) electrons. The summed E-state index contributed by atoms with van der Waals surface area (Å²) in [6.07, 6.45) is 0. The Labute approximate surface area is 125 Å². The Morgan fingerprint density at radius 1 is 1.29 bits per heavy atom. The molecule has 21 heavy (non-hydrogen) atoms. The van der Waals surface area contributed by atoms with E-state index in [0.29, 0.717) is 19.8 Å². The maximum Gasteiger partial charge on any atom is 0.244 e. The number of amides is 1. The summed E-state index contributed by atoms with van der Waals surface area (Å²) in [5.74, 6) is -0.282. The number of hydrogen-bond donors (Lipinski definition) is 0. The quantitative estimate of drug-likeness (QED) is 0.832. The van der Waals surface area contributed by atoms with Gasteiger partial charge in [0.15, 0.2) is 0 Å². The molecular formula is C16H23FN2O2. The minimum atomic E-state index is -0.403. The fraction of sp³-hybridized carbons (Fsp3) is 0.562.